The van der Waals surface area contributed by atoms with Crippen LogP contribution in [0.3, 0.4) is 0 Å². The molecule has 2 rings (SSSR count). The summed E-state index contributed by atoms with van der Waals surface area (Å²) in [5, 5.41) is 3.53. The summed E-state index contributed by atoms with van der Waals surface area (Å²) in [4.78, 5) is 2.59. The Labute approximate surface area is 99.5 Å². The van der Waals surface area contributed by atoms with Crippen LogP contribution in [0.25, 0.3) is 0 Å². The molecule has 0 spiro atoms. The molecule has 3 heteroatoms. The van der Waals surface area contributed by atoms with Crippen molar-refractivity contribution in [3.63, 3.8) is 0 Å². The highest BCUT2D eigenvalue weighted by Gasteiger charge is 2.14. The molecule has 1 atom stereocenters. The standard InChI is InChI=1S/C13H26N2O/c1-2-10-15(9-1)11-4-7-14-8-6-13-5-3-12-16-13/h13-14H,1-12H2. The highest BCUT2D eigenvalue weighted by molar-refractivity contribution is 4.68. The van der Waals surface area contributed by atoms with Crippen molar-refractivity contribution in [3.8, 4) is 0 Å². The molecule has 0 radical (unpaired) electrons. The van der Waals surface area contributed by atoms with Gasteiger partial charge < -0.3 is 15.0 Å². The zero-order chi connectivity index (χ0) is 11.1. The molecule has 16 heavy (non-hydrogen) atoms. The maximum atomic E-state index is 5.59. The molecule has 2 aliphatic heterocycles. The third-order valence-electron chi connectivity index (χ3n) is 3.69. The lowest BCUT2D eigenvalue weighted by Gasteiger charge is -2.14. The van der Waals surface area contributed by atoms with Gasteiger partial charge in [0, 0.05) is 6.61 Å². The summed E-state index contributed by atoms with van der Waals surface area (Å²) in [6.45, 7) is 7.23. The smallest absolute Gasteiger partial charge is 0.0588 e. The van der Waals surface area contributed by atoms with E-state index in [1.165, 1.54) is 64.7 Å². The van der Waals surface area contributed by atoms with Crippen LogP contribution in [0, 0.1) is 0 Å². The van der Waals surface area contributed by atoms with Crippen LogP contribution in [0.15, 0.2) is 0 Å². The van der Waals surface area contributed by atoms with Crippen LogP contribution in [0.1, 0.15) is 38.5 Å². The van der Waals surface area contributed by atoms with E-state index in [1.54, 1.807) is 0 Å². The van der Waals surface area contributed by atoms with Gasteiger partial charge in [-0.3, -0.25) is 0 Å². The minimum atomic E-state index is 0.547. The minimum Gasteiger partial charge on any atom is -0.378 e. The third kappa shape index (κ3) is 4.40. The topological polar surface area (TPSA) is 24.5 Å². The van der Waals surface area contributed by atoms with E-state index in [-0.39, 0.29) is 0 Å². The molecule has 2 fully saturated rings. The Bertz CT molecular complexity index is 155. The van der Waals surface area contributed by atoms with Gasteiger partial charge in [0.15, 0.2) is 0 Å². The van der Waals surface area contributed by atoms with E-state index in [4.69, 9.17) is 4.74 Å². The second kappa shape index (κ2) is 7.25. The van der Waals surface area contributed by atoms with Crippen molar-refractivity contribution in [3.05, 3.63) is 0 Å². The summed E-state index contributed by atoms with van der Waals surface area (Å²) >= 11 is 0. The minimum absolute atomic E-state index is 0.547. The van der Waals surface area contributed by atoms with Crippen LogP contribution in [-0.4, -0.2) is 50.3 Å². The first-order valence-electron chi connectivity index (χ1n) is 7.00. The monoisotopic (exact) mass is 226 g/mol. The molecule has 0 aromatic rings. The predicted octanol–water partition coefficient (Wildman–Crippen LogP) is 1.63. The highest BCUT2D eigenvalue weighted by Crippen LogP contribution is 2.14. The molecule has 0 amide bonds. The molecule has 1 unspecified atom stereocenters. The SMILES string of the molecule is C1COC(CCNCCCN2CCCC2)C1. The van der Waals surface area contributed by atoms with Gasteiger partial charge in [-0.15, -0.1) is 0 Å². The zero-order valence-corrected chi connectivity index (χ0v) is 10.4. The third-order valence-corrected chi connectivity index (χ3v) is 3.69. The van der Waals surface area contributed by atoms with Crippen molar-refractivity contribution in [2.75, 3.05) is 39.3 Å². The van der Waals surface area contributed by atoms with Crippen LogP contribution in [-0.2, 0) is 4.74 Å². The Balaban J connectivity index is 1.37. The van der Waals surface area contributed by atoms with E-state index in [0.717, 1.165) is 13.2 Å². The van der Waals surface area contributed by atoms with Crippen molar-refractivity contribution < 1.29 is 4.74 Å². The molecule has 3 nitrogen and oxygen atoms in total. The first kappa shape index (κ1) is 12.3. The Morgan fingerprint density at radius 1 is 1.12 bits per heavy atom. The highest BCUT2D eigenvalue weighted by atomic mass is 16.5. The molecule has 2 saturated heterocycles. The lowest BCUT2D eigenvalue weighted by atomic mass is 10.2. The molecular weight excluding hydrogens is 200 g/mol. The molecule has 2 aliphatic rings. The average molecular weight is 226 g/mol. The van der Waals surface area contributed by atoms with E-state index in [2.05, 4.69) is 10.2 Å². The Hall–Kier alpha value is -0.120. The number of rotatable bonds is 7. The number of ether oxygens (including phenoxy) is 1. The summed E-state index contributed by atoms with van der Waals surface area (Å²) in [6.07, 6.45) is 8.40. The van der Waals surface area contributed by atoms with Gasteiger partial charge in [-0.2, -0.15) is 0 Å². The van der Waals surface area contributed by atoms with Gasteiger partial charge >= 0.3 is 0 Å². The Morgan fingerprint density at radius 3 is 2.75 bits per heavy atom. The summed E-state index contributed by atoms with van der Waals surface area (Å²) in [5.41, 5.74) is 0. The summed E-state index contributed by atoms with van der Waals surface area (Å²) in [5.74, 6) is 0. The first-order valence-corrected chi connectivity index (χ1v) is 7.00. The zero-order valence-electron chi connectivity index (χ0n) is 10.4. The van der Waals surface area contributed by atoms with Gasteiger partial charge in [0.1, 0.15) is 0 Å². The predicted molar refractivity (Wildman–Crippen MR) is 66.8 cm³/mol. The molecule has 0 aromatic heterocycles. The van der Waals surface area contributed by atoms with Crippen molar-refractivity contribution in [1.29, 1.82) is 0 Å². The average Bonchev–Trinajstić information content (AvgIpc) is 2.96. The normalized spacial score (nSPS) is 26.6. The molecule has 94 valence electrons. The molecule has 1 N–H and O–H groups in total. The van der Waals surface area contributed by atoms with Crippen molar-refractivity contribution in [2.45, 2.75) is 44.6 Å². The second-order valence-electron chi connectivity index (χ2n) is 5.08. The fourth-order valence-electron chi connectivity index (χ4n) is 2.69. The van der Waals surface area contributed by atoms with Crippen molar-refractivity contribution in [1.82, 2.24) is 10.2 Å². The maximum absolute atomic E-state index is 5.59. The van der Waals surface area contributed by atoms with Gasteiger partial charge in [-0.1, -0.05) is 0 Å². The number of likely N-dealkylation sites (tertiary alicyclic amines) is 1. The Kier molecular flexibility index (Phi) is 5.59. The van der Waals surface area contributed by atoms with Crippen LogP contribution >= 0.6 is 0 Å². The van der Waals surface area contributed by atoms with Crippen LogP contribution in [0.5, 0.6) is 0 Å². The fraction of sp³-hybridized carbons (Fsp3) is 1.00. The summed E-state index contributed by atoms with van der Waals surface area (Å²) in [7, 11) is 0. The first-order chi connectivity index (χ1) is 7.95. The van der Waals surface area contributed by atoms with E-state index in [9.17, 15) is 0 Å². The lowest BCUT2D eigenvalue weighted by molar-refractivity contribution is 0.104. The number of nitrogens with one attached hydrogen (secondary N) is 1. The largest absolute Gasteiger partial charge is 0.378 e. The van der Waals surface area contributed by atoms with Gasteiger partial charge in [0.05, 0.1) is 6.10 Å². The van der Waals surface area contributed by atoms with E-state index >= 15 is 0 Å². The van der Waals surface area contributed by atoms with Gasteiger partial charge in [-0.25, -0.2) is 0 Å². The van der Waals surface area contributed by atoms with Gasteiger partial charge in [0.25, 0.3) is 0 Å². The molecule has 0 aliphatic carbocycles. The Morgan fingerprint density at radius 2 is 2.00 bits per heavy atom. The summed E-state index contributed by atoms with van der Waals surface area (Å²) < 4.78 is 5.59. The maximum Gasteiger partial charge on any atom is 0.0588 e. The number of hydrogen-bond acceptors (Lipinski definition) is 3. The van der Waals surface area contributed by atoms with E-state index in [0.29, 0.717) is 6.10 Å². The second-order valence-corrected chi connectivity index (χ2v) is 5.08. The van der Waals surface area contributed by atoms with Gasteiger partial charge in [-0.05, 0) is 71.2 Å². The molecule has 0 aromatic carbocycles. The molecule has 0 bridgehead atoms. The molecular formula is C13H26N2O. The lowest BCUT2D eigenvalue weighted by Crippen LogP contribution is -2.26. The molecule has 2 heterocycles. The van der Waals surface area contributed by atoms with Crippen molar-refractivity contribution >= 4 is 0 Å². The van der Waals surface area contributed by atoms with Crippen LogP contribution < -0.4 is 5.32 Å². The van der Waals surface area contributed by atoms with Crippen molar-refractivity contribution in [2.24, 2.45) is 0 Å². The summed E-state index contributed by atoms with van der Waals surface area (Å²) in [6, 6.07) is 0. The number of hydrogen-bond donors (Lipinski definition) is 1. The quantitative estimate of drug-likeness (QED) is 0.668. The number of nitrogens with zero attached hydrogens (tertiary/aromatic N) is 1. The van der Waals surface area contributed by atoms with Gasteiger partial charge in [0.2, 0.25) is 0 Å². The van der Waals surface area contributed by atoms with E-state index < -0.39 is 0 Å². The van der Waals surface area contributed by atoms with Crippen LogP contribution in [0.2, 0.25) is 0 Å². The van der Waals surface area contributed by atoms with Crippen LogP contribution in [0.4, 0.5) is 0 Å². The fourth-order valence-corrected chi connectivity index (χ4v) is 2.69. The molecule has 0 saturated carbocycles. The van der Waals surface area contributed by atoms with E-state index in [1.807, 2.05) is 0 Å².